The number of rotatable bonds is 26. The molecule has 14 heteroatoms. The van der Waals surface area contributed by atoms with Crippen LogP contribution in [-0.4, -0.2) is 87.2 Å². The molecule has 0 heterocycles. The molecule has 0 fully saturated rings. The van der Waals surface area contributed by atoms with Gasteiger partial charge in [-0.05, 0) is 74.5 Å². The number of ketones is 3. The van der Waals surface area contributed by atoms with Crippen LogP contribution in [0.25, 0.3) is 11.1 Å². The van der Waals surface area contributed by atoms with Gasteiger partial charge in [-0.2, -0.15) is 0 Å². The Labute approximate surface area is 318 Å². The van der Waals surface area contributed by atoms with Crippen molar-refractivity contribution in [3.63, 3.8) is 0 Å². The second kappa shape index (κ2) is 23.5. The first-order valence-corrected chi connectivity index (χ1v) is 18.9. The number of Topliss-reactive ketones (excluding diaryl/α,β-unsaturated/α-hetero) is 3. The van der Waals surface area contributed by atoms with E-state index in [1.54, 1.807) is 24.3 Å². The van der Waals surface area contributed by atoms with Gasteiger partial charge in [0.15, 0.2) is 17.3 Å². The minimum Gasteiger partial charge on any atom is -0.481 e. The third-order valence-electron chi connectivity index (χ3n) is 9.59. The van der Waals surface area contributed by atoms with Crippen LogP contribution < -0.4 is 16.4 Å². The zero-order chi connectivity index (χ0) is 40.4. The molecule has 8 N–H and O–H groups in total. The number of carboxylic acid groups (broad SMARTS) is 1. The summed E-state index contributed by atoms with van der Waals surface area (Å²) in [6.45, 7) is 6.75. The molecule has 2 aromatic carbocycles. The van der Waals surface area contributed by atoms with Gasteiger partial charge >= 0.3 is 13.1 Å². The van der Waals surface area contributed by atoms with Crippen molar-refractivity contribution in [2.45, 2.75) is 122 Å². The fourth-order valence-corrected chi connectivity index (χ4v) is 6.01. The Bertz CT molecular complexity index is 1530. The smallest absolute Gasteiger partial charge is 0.454 e. The van der Waals surface area contributed by atoms with Crippen LogP contribution in [0.1, 0.15) is 108 Å². The first kappa shape index (κ1) is 45.9. The maximum atomic E-state index is 13.5. The highest BCUT2D eigenvalue weighted by Gasteiger charge is 2.33. The summed E-state index contributed by atoms with van der Waals surface area (Å²) in [4.78, 5) is 77.7. The molecule has 2 amide bonds. The van der Waals surface area contributed by atoms with Gasteiger partial charge in [-0.25, -0.2) is 0 Å². The van der Waals surface area contributed by atoms with Gasteiger partial charge in [0.25, 0.3) is 0 Å². The number of aryl methyl sites for hydroxylation is 1. The first-order valence-electron chi connectivity index (χ1n) is 18.9. The number of nitrogens with one attached hydrogen (secondary N) is 2. The van der Waals surface area contributed by atoms with Crippen molar-refractivity contribution in [2.75, 3.05) is 6.54 Å². The average molecular weight is 752 g/mol. The third kappa shape index (κ3) is 15.6. The second-order valence-electron chi connectivity index (χ2n) is 14.3. The van der Waals surface area contributed by atoms with Gasteiger partial charge in [-0.15, -0.1) is 0 Å². The zero-order valence-electron chi connectivity index (χ0n) is 32.0. The van der Waals surface area contributed by atoms with Gasteiger partial charge in [-0.1, -0.05) is 75.7 Å². The number of amides is 2. The lowest BCUT2D eigenvalue weighted by molar-refractivity contribution is -0.138. The van der Waals surface area contributed by atoms with Crippen LogP contribution in [0.3, 0.4) is 0 Å². The SMILES string of the molecule is CCCCc1ccc(-c2ccc(C(=O)C[C@@H](CCC(=O)O)C(=O)N[C@H](C(=O)C[C@@H](C)C(=O)N[C@@H](CCCCN)C(=O)C[C@@H](C)B(O)O)[C@@H](C)O)cc2)cc1. The van der Waals surface area contributed by atoms with Gasteiger partial charge < -0.3 is 36.6 Å². The number of benzene rings is 2. The van der Waals surface area contributed by atoms with E-state index in [1.807, 2.05) is 12.1 Å². The maximum absolute atomic E-state index is 13.5. The summed E-state index contributed by atoms with van der Waals surface area (Å²) in [6, 6.07) is 12.7. The van der Waals surface area contributed by atoms with Gasteiger partial charge in [-0.3, -0.25) is 28.8 Å². The molecule has 0 unspecified atom stereocenters. The fraction of sp³-hybridized carbons (Fsp3) is 0.550. The molecule has 0 radical (unpaired) electrons. The van der Waals surface area contributed by atoms with Crippen LogP contribution >= 0.6 is 0 Å². The summed E-state index contributed by atoms with van der Waals surface area (Å²) in [6.07, 6.45) is 1.66. The monoisotopic (exact) mass is 751 g/mol. The number of carboxylic acids is 1. The molecule has 0 aliphatic heterocycles. The lowest BCUT2D eigenvalue weighted by Crippen LogP contribution is -2.51. The van der Waals surface area contributed by atoms with E-state index in [-0.39, 0.29) is 25.7 Å². The quantitative estimate of drug-likeness (QED) is 0.0417. The highest BCUT2D eigenvalue weighted by molar-refractivity contribution is 6.43. The van der Waals surface area contributed by atoms with Crippen molar-refractivity contribution in [2.24, 2.45) is 17.6 Å². The molecule has 13 nitrogen and oxygen atoms in total. The number of aliphatic hydroxyl groups excluding tert-OH is 1. The number of aliphatic hydroxyl groups is 1. The molecule has 296 valence electrons. The Morgan fingerprint density at radius 3 is 1.91 bits per heavy atom. The third-order valence-corrected chi connectivity index (χ3v) is 9.59. The number of carbonyl (C=O) groups excluding carboxylic acids is 5. The molecule has 2 aromatic rings. The number of aliphatic carboxylic acids is 1. The van der Waals surface area contributed by atoms with Crippen molar-refractivity contribution in [1.82, 2.24) is 10.6 Å². The molecule has 54 heavy (non-hydrogen) atoms. The maximum Gasteiger partial charge on any atom is 0.454 e. The van der Waals surface area contributed by atoms with Gasteiger partial charge in [0.1, 0.15) is 6.04 Å². The summed E-state index contributed by atoms with van der Waals surface area (Å²) in [5.74, 6) is -6.93. The molecule has 0 spiro atoms. The molecule has 0 aromatic heterocycles. The van der Waals surface area contributed by atoms with Crippen LogP contribution in [0.4, 0.5) is 0 Å². The number of nitrogens with two attached hydrogens (primary N) is 1. The molecule has 0 aliphatic rings. The predicted octanol–water partition coefficient (Wildman–Crippen LogP) is 3.65. The van der Waals surface area contributed by atoms with Crippen molar-refractivity contribution in [1.29, 1.82) is 0 Å². The minimum absolute atomic E-state index is 0.194. The second-order valence-corrected chi connectivity index (χ2v) is 14.3. The largest absolute Gasteiger partial charge is 0.481 e. The topological polar surface area (TPSA) is 233 Å². The molecule has 0 bridgehead atoms. The van der Waals surface area contributed by atoms with E-state index in [2.05, 4.69) is 29.7 Å². The number of hydrogen-bond donors (Lipinski definition) is 7. The van der Waals surface area contributed by atoms with E-state index >= 15 is 0 Å². The Kier molecular flexibility index (Phi) is 20.0. The minimum atomic E-state index is -1.71. The number of carbonyl (C=O) groups is 6. The number of unbranched alkanes of at least 4 members (excludes halogenated alkanes) is 2. The van der Waals surface area contributed by atoms with E-state index in [0.29, 0.717) is 24.9 Å². The standard InChI is InChI=1S/C40H58BN3O10/c1-5-6-9-28-11-13-29(14-12-28)30-15-17-31(18-16-30)34(46)24-32(19-20-37(49)50)40(52)44-38(27(4)45)36(48)22-25(2)39(51)43-33(10-7-8-21-42)35(47)23-26(3)41(53)54/h11-18,25-27,32-33,38,45,53-54H,5-10,19-24,42H2,1-4H3,(H,43,51)(H,44,52)(H,49,50)/t25-,26-,27-,32-,33+,38+/m1/s1. The van der Waals surface area contributed by atoms with Crippen LogP contribution in [0.5, 0.6) is 0 Å². The Balaban J connectivity index is 2.12. The molecule has 6 atom stereocenters. The first-order chi connectivity index (χ1) is 25.6. The lowest BCUT2D eigenvalue weighted by atomic mass is 9.71. The zero-order valence-corrected chi connectivity index (χ0v) is 32.0. The summed E-state index contributed by atoms with van der Waals surface area (Å²) in [7, 11) is -1.71. The Morgan fingerprint density at radius 2 is 1.37 bits per heavy atom. The number of hydrogen-bond acceptors (Lipinski definition) is 10. The van der Waals surface area contributed by atoms with Crippen LogP contribution in [0, 0.1) is 11.8 Å². The summed E-state index contributed by atoms with van der Waals surface area (Å²) < 4.78 is 0. The fourth-order valence-electron chi connectivity index (χ4n) is 6.01. The van der Waals surface area contributed by atoms with Crippen molar-refractivity contribution >= 4 is 42.3 Å². The normalized spacial score (nSPS) is 14.5. The van der Waals surface area contributed by atoms with Gasteiger partial charge in [0, 0.05) is 43.1 Å². The van der Waals surface area contributed by atoms with E-state index in [1.165, 1.54) is 26.3 Å². The molecule has 0 saturated heterocycles. The molecule has 0 aliphatic carbocycles. The summed E-state index contributed by atoms with van der Waals surface area (Å²) in [5.41, 5.74) is 9.03. The Morgan fingerprint density at radius 1 is 0.759 bits per heavy atom. The van der Waals surface area contributed by atoms with E-state index in [4.69, 9.17) is 5.73 Å². The van der Waals surface area contributed by atoms with Crippen molar-refractivity contribution < 1.29 is 49.0 Å². The van der Waals surface area contributed by atoms with E-state index in [9.17, 15) is 49.0 Å². The van der Waals surface area contributed by atoms with Crippen LogP contribution in [-0.2, 0) is 30.4 Å². The highest BCUT2D eigenvalue weighted by atomic mass is 16.4. The average Bonchev–Trinajstić information content (AvgIpc) is 3.13. The van der Waals surface area contributed by atoms with E-state index in [0.717, 1.165) is 30.4 Å². The van der Waals surface area contributed by atoms with Gasteiger partial charge in [0.2, 0.25) is 11.8 Å². The molecular weight excluding hydrogens is 693 g/mol. The van der Waals surface area contributed by atoms with E-state index < -0.39 is 90.9 Å². The lowest BCUT2D eigenvalue weighted by Gasteiger charge is -2.25. The van der Waals surface area contributed by atoms with Crippen molar-refractivity contribution in [3.05, 3.63) is 59.7 Å². The summed E-state index contributed by atoms with van der Waals surface area (Å²) >= 11 is 0. The highest BCUT2D eigenvalue weighted by Crippen LogP contribution is 2.24. The predicted molar refractivity (Wildman–Crippen MR) is 206 cm³/mol. The van der Waals surface area contributed by atoms with Crippen LogP contribution in [0.15, 0.2) is 48.5 Å². The van der Waals surface area contributed by atoms with Crippen molar-refractivity contribution in [3.8, 4) is 11.1 Å². The van der Waals surface area contributed by atoms with Gasteiger partial charge in [0.05, 0.1) is 12.1 Å². The molecule has 2 rings (SSSR count). The molecule has 0 saturated carbocycles. The summed E-state index contributed by atoms with van der Waals surface area (Å²) in [5, 5.41) is 43.8. The van der Waals surface area contributed by atoms with Crippen LogP contribution in [0.2, 0.25) is 5.82 Å². The Hall–Kier alpha value is -4.24. The molecular formula is C40H58BN3O10.